The van der Waals surface area contributed by atoms with Gasteiger partial charge in [0.1, 0.15) is 23.2 Å². The van der Waals surface area contributed by atoms with E-state index in [9.17, 15) is 9.59 Å². The van der Waals surface area contributed by atoms with Crippen LogP contribution in [0.25, 0.3) is 5.57 Å². The van der Waals surface area contributed by atoms with Crippen molar-refractivity contribution in [3.8, 4) is 11.5 Å². The molecule has 0 N–H and O–H groups in total. The summed E-state index contributed by atoms with van der Waals surface area (Å²) < 4.78 is 21.5. The number of Topliss-reactive ketones (excluding diaryl/α,β-unsaturated/α-hetero) is 1. The van der Waals surface area contributed by atoms with Crippen LogP contribution in [0.2, 0.25) is 0 Å². The number of hydrogen-bond acceptors (Lipinski definition) is 6. The van der Waals surface area contributed by atoms with Gasteiger partial charge >= 0.3 is 5.97 Å². The van der Waals surface area contributed by atoms with E-state index < -0.39 is 11.9 Å². The van der Waals surface area contributed by atoms with E-state index in [1.807, 2.05) is 0 Å². The van der Waals surface area contributed by atoms with Crippen molar-refractivity contribution in [3.05, 3.63) is 27.9 Å². The Balaban J connectivity index is 2.64. The van der Waals surface area contributed by atoms with Gasteiger partial charge in [0.25, 0.3) is 0 Å². The molecule has 1 aromatic carbocycles. The molecule has 0 fully saturated rings. The van der Waals surface area contributed by atoms with Gasteiger partial charge in [0.05, 0.1) is 39.6 Å². The molecule has 2 rings (SSSR count). The van der Waals surface area contributed by atoms with Gasteiger partial charge < -0.3 is 18.9 Å². The maximum absolute atomic E-state index is 12.7. The van der Waals surface area contributed by atoms with Gasteiger partial charge in [-0.2, -0.15) is 0 Å². The molecule has 0 bridgehead atoms. The number of allylic oxidation sites excluding steroid dienone is 2. The molecule has 0 radical (unpaired) electrons. The first kappa shape index (κ1) is 17.3. The van der Waals surface area contributed by atoms with Crippen LogP contribution in [0, 0.1) is 5.92 Å². The van der Waals surface area contributed by atoms with Crippen LogP contribution >= 0.6 is 15.9 Å². The third kappa shape index (κ3) is 3.06. The highest BCUT2D eigenvalue weighted by Crippen LogP contribution is 2.45. The number of halogens is 1. The molecule has 1 aliphatic rings. The summed E-state index contributed by atoms with van der Waals surface area (Å²) >= 11 is 3.36. The molecule has 0 amide bonds. The van der Waals surface area contributed by atoms with E-state index in [1.54, 1.807) is 12.1 Å². The Morgan fingerprint density at radius 3 is 2.09 bits per heavy atom. The van der Waals surface area contributed by atoms with Gasteiger partial charge in [0, 0.05) is 10.9 Å². The average molecular weight is 385 g/mol. The van der Waals surface area contributed by atoms with E-state index in [4.69, 9.17) is 18.9 Å². The van der Waals surface area contributed by atoms with E-state index >= 15 is 0 Å². The molecule has 7 heteroatoms. The number of carbonyl (C=O) groups is 2. The summed E-state index contributed by atoms with van der Waals surface area (Å²) in [5, 5.41) is 0. The predicted octanol–water partition coefficient (Wildman–Crippen LogP) is 2.59. The molecule has 1 atom stereocenters. The zero-order valence-electron chi connectivity index (χ0n) is 13.3. The van der Waals surface area contributed by atoms with Crippen molar-refractivity contribution in [1.29, 1.82) is 0 Å². The van der Waals surface area contributed by atoms with Crippen molar-refractivity contribution in [3.63, 3.8) is 0 Å². The fraction of sp³-hybridized carbons (Fsp3) is 0.375. The number of esters is 1. The molecule has 0 spiro atoms. The van der Waals surface area contributed by atoms with Crippen LogP contribution in [0.15, 0.2) is 22.4 Å². The summed E-state index contributed by atoms with van der Waals surface area (Å²) in [4.78, 5) is 24.6. The van der Waals surface area contributed by atoms with Crippen molar-refractivity contribution in [1.82, 2.24) is 0 Å². The minimum Gasteiger partial charge on any atom is -0.500 e. The molecule has 1 aliphatic carbocycles. The third-order valence-electron chi connectivity index (χ3n) is 3.68. The summed E-state index contributed by atoms with van der Waals surface area (Å²) in [5.74, 6) is -0.575. The van der Waals surface area contributed by atoms with Gasteiger partial charge in [0.15, 0.2) is 5.78 Å². The van der Waals surface area contributed by atoms with Crippen molar-refractivity contribution < 1.29 is 28.5 Å². The smallest absolute Gasteiger partial charge is 0.317 e. The molecule has 0 aliphatic heterocycles. The minimum atomic E-state index is -0.914. The Hall–Kier alpha value is -2.02. The number of ether oxygens (including phenoxy) is 4. The van der Waals surface area contributed by atoms with Crippen LogP contribution in [0.3, 0.4) is 0 Å². The van der Waals surface area contributed by atoms with Gasteiger partial charge in [-0.25, -0.2) is 0 Å². The topological polar surface area (TPSA) is 71.1 Å². The molecule has 6 nitrogen and oxygen atoms in total. The third-order valence-corrected chi connectivity index (χ3v) is 4.14. The number of rotatable bonds is 5. The lowest BCUT2D eigenvalue weighted by Crippen LogP contribution is -2.22. The SMILES string of the molecule is COC(=O)C1CC(OC)=C(c2c(OC)cc(Br)cc2OC)C1=O. The molecule has 1 aromatic rings. The number of ketones is 1. The molecular formula is C16H17BrO6. The zero-order valence-corrected chi connectivity index (χ0v) is 14.9. The maximum atomic E-state index is 12.7. The van der Waals surface area contributed by atoms with Gasteiger partial charge in [-0.3, -0.25) is 9.59 Å². The Morgan fingerprint density at radius 2 is 1.65 bits per heavy atom. The zero-order chi connectivity index (χ0) is 17.1. The lowest BCUT2D eigenvalue weighted by atomic mass is 9.97. The largest absolute Gasteiger partial charge is 0.500 e. The molecule has 23 heavy (non-hydrogen) atoms. The Morgan fingerprint density at radius 1 is 1.09 bits per heavy atom. The molecule has 0 saturated carbocycles. The van der Waals surface area contributed by atoms with Crippen LogP contribution in [0.5, 0.6) is 11.5 Å². The van der Waals surface area contributed by atoms with Crippen LogP contribution in [0.4, 0.5) is 0 Å². The second-order valence-corrected chi connectivity index (χ2v) is 5.75. The van der Waals surface area contributed by atoms with E-state index in [1.165, 1.54) is 28.4 Å². The molecular weight excluding hydrogens is 368 g/mol. The molecule has 1 unspecified atom stereocenters. The summed E-state index contributed by atoms with van der Waals surface area (Å²) in [6, 6.07) is 3.44. The standard InChI is InChI=1S/C16H17BrO6/c1-20-10-5-8(17)6-11(21-2)13(10)14-12(22-3)7-9(15(14)18)16(19)23-4/h5-6,9H,7H2,1-4H3. The Kier molecular flexibility index (Phi) is 5.30. The molecule has 124 valence electrons. The lowest BCUT2D eigenvalue weighted by molar-refractivity contribution is -0.147. The van der Waals surface area contributed by atoms with E-state index in [-0.39, 0.29) is 17.8 Å². The first-order valence-electron chi connectivity index (χ1n) is 6.79. The summed E-state index contributed by atoms with van der Waals surface area (Å²) in [7, 11) is 5.70. The van der Waals surface area contributed by atoms with Crippen molar-refractivity contribution in [2.75, 3.05) is 28.4 Å². The highest BCUT2D eigenvalue weighted by atomic mass is 79.9. The Labute approximate surface area is 142 Å². The first-order chi connectivity index (χ1) is 11.0. The molecule has 0 heterocycles. The van der Waals surface area contributed by atoms with Gasteiger partial charge in [0.2, 0.25) is 0 Å². The van der Waals surface area contributed by atoms with Crippen molar-refractivity contribution in [2.24, 2.45) is 5.92 Å². The fourth-order valence-electron chi connectivity index (χ4n) is 2.60. The number of methoxy groups -OCH3 is 4. The molecule has 0 aromatic heterocycles. The second-order valence-electron chi connectivity index (χ2n) is 4.83. The van der Waals surface area contributed by atoms with Gasteiger partial charge in [-0.1, -0.05) is 15.9 Å². The van der Waals surface area contributed by atoms with E-state index in [0.717, 1.165) is 4.47 Å². The van der Waals surface area contributed by atoms with Crippen LogP contribution in [-0.4, -0.2) is 40.2 Å². The number of hydrogen-bond donors (Lipinski definition) is 0. The van der Waals surface area contributed by atoms with Crippen LogP contribution in [-0.2, 0) is 19.1 Å². The summed E-state index contributed by atoms with van der Waals surface area (Å²) in [6.07, 6.45) is 0.152. The minimum absolute atomic E-state index is 0.152. The normalized spacial score (nSPS) is 17.3. The number of benzene rings is 1. The van der Waals surface area contributed by atoms with Gasteiger partial charge in [-0.05, 0) is 12.1 Å². The Bertz CT molecular complexity index is 654. The monoisotopic (exact) mass is 384 g/mol. The average Bonchev–Trinajstić information content (AvgIpc) is 2.89. The summed E-state index contributed by atoms with van der Waals surface area (Å²) in [6.45, 7) is 0. The summed E-state index contributed by atoms with van der Waals surface area (Å²) in [5.41, 5.74) is 0.746. The lowest BCUT2D eigenvalue weighted by Gasteiger charge is -2.15. The van der Waals surface area contributed by atoms with E-state index in [2.05, 4.69) is 15.9 Å². The van der Waals surface area contributed by atoms with Crippen molar-refractivity contribution in [2.45, 2.75) is 6.42 Å². The quantitative estimate of drug-likeness (QED) is 0.573. The first-order valence-corrected chi connectivity index (χ1v) is 7.58. The second kappa shape index (κ2) is 7.04. The maximum Gasteiger partial charge on any atom is 0.317 e. The highest BCUT2D eigenvalue weighted by molar-refractivity contribution is 9.10. The van der Waals surface area contributed by atoms with Crippen LogP contribution < -0.4 is 9.47 Å². The van der Waals surface area contributed by atoms with E-state index in [0.29, 0.717) is 22.8 Å². The highest BCUT2D eigenvalue weighted by Gasteiger charge is 2.42. The fourth-order valence-corrected chi connectivity index (χ4v) is 3.01. The molecule has 0 saturated heterocycles. The number of carbonyl (C=O) groups excluding carboxylic acids is 2. The predicted molar refractivity (Wildman–Crippen MR) is 86.3 cm³/mol. The van der Waals surface area contributed by atoms with Gasteiger partial charge in [-0.15, -0.1) is 0 Å². The van der Waals surface area contributed by atoms with Crippen molar-refractivity contribution >= 4 is 33.3 Å². The van der Waals surface area contributed by atoms with Crippen LogP contribution in [0.1, 0.15) is 12.0 Å².